The first-order chi connectivity index (χ1) is 13.7. The Morgan fingerprint density at radius 2 is 1.61 bits per heavy atom. The fraction of sp³-hybridized carbons (Fsp3) is 0.455. The molecule has 1 heterocycles. The Bertz CT molecular complexity index is 735. The Hall–Kier alpha value is -1.57. The van der Waals surface area contributed by atoms with Gasteiger partial charge in [0.05, 0.1) is 19.1 Å². The van der Waals surface area contributed by atoms with Crippen LogP contribution in [0.2, 0.25) is 0 Å². The van der Waals surface area contributed by atoms with Crippen molar-refractivity contribution in [2.24, 2.45) is 0 Å². The molecule has 152 valence electrons. The number of rotatable bonds is 9. The van der Waals surface area contributed by atoms with Crippen molar-refractivity contribution in [1.29, 1.82) is 0 Å². The Morgan fingerprint density at radius 1 is 0.929 bits per heavy atom. The highest BCUT2D eigenvalue weighted by Gasteiger charge is 2.17. The molecule has 1 aliphatic heterocycles. The quantitative estimate of drug-likeness (QED) is 0.639. The van der Waals surface area contributed by atoms with E-state index in [1.165, 1.54) is 10.5 Å². The van der Waals surface area contributed by atoms with E-state index in [0.29, 0.717) is 0 Å². The van der Waals surface area contributed by atoms with E-state index in [4.69, 9.17) is 9.57 Å². The molecule has 0 aliphatic carbocycles. The average Bonchev–Trinajstić information content (AvgIpc) is 2.74. The van der Waals surface area contributed by atoms with Crippen LogP contribution in [-0.4, -0.2) is 75.4 Å². The Kier molecular flexibility index (Phi) is 8.18. The fourth-order valence-corrected chi connectivity index (χ4v) is 4.42. The summed E-state index contributed by atoms with van der Waals surface area (Å²) in [5.74, 6) is 0.922. The van der Waals surface area contributed by atoms with Crippen LogP contribution in [0.15, 0.2) is 58.3 Å². The molecule has 6 heteroatoms. The molecule has 28 heavy (non-hydrogen) atoms. The summed E-state index contributed by atoms with van der Waals surface area (Å²) in [5.41, 5.74) is 1.35. The van der Waals surface area contributed by atoms with E-state index in [1.54, 1.807) is 26.0 Å². The van der Waals surface area contributed by atoms with Gasteiger partial charge in [-0.2, -0.15) is 5.06 Å². The molecular weight excluding hydrogens is 370 g/mol. The fourth-order valence-electron chi connectivity index (χ4n) is 3.37. The maximum absolute atomic E-state index is 5.51. The SMILES string of the molecule is COc1ccccc1Sc1ccccc1CN(C)CCN1CCN(OC)CC1. The van der Waals surface area contributed by atoms with Crippen molar-refractivity contribution < 1.29 is 9.57 Å². The molecule has 0 aromatic heterocycles. The minimum Gasteiger partial charge on any atom is -0.496 e. The standard InChI is InChI=1S/C22H31N3O2S/c1-23(12-13-24-14-16-25(27-3)17-15-24)18-19-8-4-6-10-21(19)28-22-11-7-5-9-20(22)26-2/h4-11H,12-18H2,1-3H3. The Labute approximate surface area is 173 Å². The zero-order valence-electron chi connectivity index (χ0n) is 17.1. The summed E-state index contributed by atoms with van der Waals surface area (Å²) in [6.07, 6.45) is 0. The van der Waals surface area contributed by atoms with Crippen molar-refractivity contribution in [3.8, 4) is 5.75 Å². The number of hydroxylamine groups is 2. The molecule has 3 rings (SSSR count). The van der Waals surface area contributed by atoms with Gasteiger partial charge in [0.2, 0.25) is 0 Å². The van der Waals surface area contributed by atoms with Gasteiger partial charge in [-0.15, -0.1) is 0 Å². The van der Waals surface area contributed by atoms with Gasteiger partial charge < -0.3 is 14.5 Å². The van der Waals surface area contributed by atoms with Crippen LogP contribution < -0.4 is 4.74 Å². The molecule has 0 amide bonds. The lowest BCUT2D eigenvalue weighted by Crippen LogP contribution is -2.47. The van der Waals surface area contributed by atoms with Crippen molar-refractivity contribution in [2.75, 3.05) is 60.5 Å². The second-order valence-corrected chi connectivity index (χ2v) is 8.14. The topological polar surface area (TPSA) is 28.2 Å². The average molecular weight is 402 g/mol. The van der Waals surface area contributed by atoms with Gasteiger partial charge in [0.15, 0.2) is 0 Å². The molecule has 5 nitrogen and oxygen atoms in total. The summed E-state index contributed by atoms with van der Waals surface area (Å²) >= 11 is 1.77. The van der Waals surface area contributed by atoms with E-state index < -0.39 is 0 Å². The largest absolute Gasteiger partial charge is 0.496 e. The van der Waals surface area contributed by atoms with Gasteiger partial charge in [-0.1, -0.05) is 42.1 Å². The van der Waals surface area contributed by atoms with Crippen LogP contribution in [0.25, 0.3) is 0 Å². The molecular formula is C22H31N3O2S. The van der Waals surface area contributed by atoms with Gasteiger partial charge in [-0.25, -0.2) is 0 Å². The van der Waals surface area contributed by atoms with E-state index >= 15 is 0 Å². The maximum atomic E-state index is 5.51. The number of para-hydroxylation sites is 1. The molecule has 0 N–H and O–H groups in total. The molecule has 0 atom stereocenters. The minimum atomic E-state index is 0.922. The lowest BCUT2D eigenvalue weighted by atomic mass is 10.2. The molecule has 2 aromatic carbocycles. The molecule has 1 saturated heterocycles. The van der Waals surface area contributed by atoms with Crippen LogP contribution in [0, 0.1) is 0 Å². The highest BCUT2D eigenvalue weighted by atomic mass is 32.2. The van der Waals surface area contributed by atoms with E-state index in [9.17, 15) is 0 Å². The van der Waals surface area contributed by atoms with Gasteiger partial charge in [0.25, 0.3) is 0 Å². The number of ether oxygens (including phenoxy) is 1. The first kappa shape index (κ1) is 21.1. The summed E-state index contributed by atoms with van der Waals surface area (Å²) in [6, 6.07) is 16.9. The number of benzene rings is 2. The summed E-state index contributed by atoms with van der Waals surface area (Å²) in [5, 5.41) is 2.03. The van der Waals surface area contributed by atoms with E-state index in [0.717, 1.165) is 56.5 Å². The predicted molar refractivity (Wildman–Crippen MR) is 115 cm³/mol. The third-order valence-corrected chi connectivity index (χ3v) is 6.26. The molecule has 0 spiro atoms. The Morgan fingerprint density at radius 3 is 2.32 bits per heavy atom. The molecule has 0 unspecified atom stereocenters. The molecule has 2 aromatic rings. The predicted octanol–water partition coefficient (Wildman–Crippen LogP) is 3.46. The van der Waals surface area contributed by atoms with Gasteiger partial charge in [-0.05, 0) is 30.8 Å². The van der Waals surface area contributed by atoms with Gasteiger partial charge in [0, 0.05) is 50.7 Å². The smallest absolute Gasteiger partial charge is 0.132 e. The van der Waals surface area contributed by atoms with Crippen LogP contribution in [0.5, 0.6) is 5.75 Å². The molecule has 0 saturated carbocycles. The molecule has 0 radical (unpaired) electrons. The van der Waals surface area contributed by atoms with Crippen molar-refractivity contribution in [3.05, 3.63) is 54.1 Å². The van der Waals surface area contributed by atoms with Gasteiger partial charge in [0.1, 0.15) is 5.75 Å². The van der Waals surface area contributed by atoms with Crippen molar-refractivity contribution >= 4 is 11.8 Å². The molecule has 0 bridgehead atoms. The molecule has 1 aliphatic rings. The lowest BCUT2D eigenvalue weighted by molar-refractivity contribution is -0.151. The highest BCUT2D eigenvalue weighted by molar-refractivity contribution is 7.99. The van der Waals surface area contributed by atoms with Gasteiger partial charge >= 0.3 is 0 Å². The third-order valence-electron chi connectivity index (χ3n) is 5.09. The molecule has 1 fully saturated rings. The number of piperazine rings is 1. The first-order valence-corrected chi connectivity index (χ1v) is 10.6. The van der Waals surface area contributed by atoms with Gasteiger partial charge in [-0.3, -0.25) is 4.90 Å². The van der Waals surface area contributed by atoms with Crippen LogP contribution in [0.3, 0.4) is 0 Å². The third kappa shape index (κ3) is 5.96. The summed E-state index contributed by atoms with van der Waals surface area (Å²) < 4.78 is 5.51. The number of nitrogens with zero attached hydrogens (tertiary/aromatic N) is 3. The van der Waals surface area contributed by atoms with Crippen LogP contribution in [0.1, 0.15) is 5.56 Å². The van der Waals surface area contributed by atoms with Crippen molar-refractivity contribution in [3.63, 3.8) is 0 Å². The van der Waals surface area contributed by atoms with Crippen LogP contribution >= 0.6 is 11.8 Å². The normalized spacial score (nSPS) is 15.9. The number of hydrogen-bond donors (Lipinski definition) is 0. The maximum Gasteiger partial charge on any atom is 0.132 e. The minimum absolute atomic E-state index is 0.922. The lowest BCUT2D eigenvalue weighted by Gasteiger charge is -2.34. The summed E-state index contributed by atoms with van der Waals surface area (Å²) in [6.45, 7) is 7.20. The number of likely N-dealkylation sites (N-methyl/N-ethyl adjacent to an activating group) is 1. The second-order valence-electron chi connectivity index (χ2n) is 7.05. The van der Waals surface area contributed by atoms with Crippen LogP contribution in [0.4, 0.5) is 0 Å². The van der Waals surface area contributed by atoms with Crippen LogP contribution in [-0.2, 0) is 11.4 Å². The number of hydrogen-bond acceptors (Lipinski definition) is 6. The Balaban J connectivity index is 1.55. The summed E-state index contributed by atoms with van der Waals surface area (Å²) in [4.78, 5) is 12.7. The van der Waals surface area contributed by atoms with E-state index in [-0.39, 0.29) is 0 Å². The monoisotopic (exact) mass is 401 g/mol. The number of methoxy groups -OCH3 is 1. The second kappa shape index (κ2) is 10.8. The van der Waals surface area contributed by atoms with Crippen molar-refractivity contribution in [2.45, 2.75) is 16.3 Å². The van der Waals surface area contributed by atoms with E-state index in [2.05, 4.69) is 53.2 Å². The zero-order chi connectivity index (χ0) is 19.8. The highest BCUT2D eigenvalue weighted by Crippen LogP contribution is 2.36. The zero-order valence-corrected chi connectivity index (χ0v) is 18.0. The first-order valence-electron chi connectivity index (χ1n) is 9.78. The van der Waals surface area contributed by atoms with E-state index in [1.807, 2.05) is 17.2 Å². The summed E-state index contributed by atoms with van der Waals surface area (Å²) in [7, 11) is 5.69. The van der Waals surface area contributed by atoms with Crippen molar-refractivity contribution in [1.82, 2.24) is 14.9 Å².